The van der Waals surface area contributed by atoms with Gasteiger partial charge in [0.05, 0.1) is 22.3 Å². The minimum Gasteiger partial charge on any atom is -0.478 e. The van der Waals surface area contributed by atoms with Crippen LogP contribution in [0.25, 0.3) is 22.4 Å². The number of pyridine rings is 1. The SMILES string of the molecule is CC(C)c1noc2nc(-c3ccccc3)cc(C(=O)O)c12. The molecule has 2 aromatic heterocycles. The summed E-state index contributed by atoms with van der Waals surface area (Å²) >= 11 is 0. The van der Waals surface area contributed by atoms with E-state index in [1.807, 2.05) is 44.2 Å². The van der Waals surface area contributed by atoms with Gasteiger partial charge in [-0.15, -0.1) is 0 Å². The number of hydrogen-bond donors (Lipinski definition) is 1. The number of aromatic nitrogens is 2. The summed E-state index contributed by atoms with van der Waals surface area (Å²) in [5.74, 6) is -0.946. The fourth-order valence-electron chi connectivity index (χ4n) is 2.29. The number of carbonyl (C=O) groups is 1. The van der Waals surface area contributed by atoms with Crippen LogP contribution < -0.4 is 0 Å². The van der Waals surface area contributed by atoms with E-state index in [-0.39, 0.29) is 17.2 Å². The maximum Gasteiger partial charge on any atom is 0.336 e. The Kier molecular flexibility index (Phi) is 3.17. The first-order valence-corrected chi connectivity index (χ1v) is 6.67. The van der Waals surface area contributed by atoms with Crippen LogP contribution in [0.4, 0.5) is 0 Å². The monoisotopic (exact) mass is 282 g/mol. The van der Waals surface area contributed by atoms with E-state index in [4.69, 9.17) is 4.52 Å². The molecule has 1 N–H and O–H groups in total. The molecular formula is C16H14N2O3. The maximum atomic E-state index is 11.6. The van der Waals surface area contributed by atoms with E-state index in [1.165, 1.54) is 0 Å². The van der Waals surface area contributed by atoms with E-state index in [0.29, 0.717) is 16.8 Å². The van der Waals surface area contributed by atoms with E-state index < -0.39 is 5.97 Å². The summed E-state index contributed by atoms with van der Waals surface area (Å²) in [7, 11) is 0. The lowest BCUT2D eigenvalue weighted by Gasteiger charge is -2.05. The molecule has 5 nitrogen and oxygen atoms in total. The maximum absolute atomic E-state index is 11.6. The van der Waals surface area contributed by atoms with Gasteiger partial charge in [-0.1, -0.05) is 49.3 Å². The smallest absolute Gasteiger partial charge is 0.336 e. The molecule has 106 valence electrons. The number of rotatable bonds is 3. The first kappa shape index (κ1) is 13.3. The standard InChI is InChI=1S/C16H14N2O3/c1-9(2)14-13-11(16(19)20)8-12(17-15(13)21-18-14)10-6-4-3-5-7-10/h3-9H,1-2H3,(H,19,20). The Morgan fingerprint density at radius 1 is 1.24 bits per heavy atom. The van der Waals surface area contributed by atoms with Crippen molar-refractivity contribution in [3.05, 3.63) is 47.7 Å². The van der Waals surface area contributed by atoms with Crippen LogP contribution in [0.3, 0.4) is 0 Å². The second-order valence-corrected chi connectivity index (χ2v) is 5.13. The predicted octanol–water partition coefficient (Wildman–Crippen LogP) is 3.71. The van der Waals surface area contributed by atoms with Crippen LogP contribution in [0.1, 0.15) is 35.8 Å². The molecule has 5 heteroatoms. The summed E-state index contributed by atoms with van der Waals surface area (Å²) in [5.41, 5.74) is 2.45. The Balaban J connectivity index is 2.30. The van der Waals surface area contributed by atoms with Crippen molar-refractivity contribution in [1.82, 2.24) is 10.1 Å². The van der Waals surface area contributed by atoms with Crippen molar-refractivity contribution in [3.8, 4) is 11.3 Å². The Morgan fingerprint density at radius 2 is 1.95 bits per heavy atom. The molecule has 0 fully saturated rings. The largest absolute Gasteiger partial charge is 0.478 e. The summed E-state index contributed by atoms with van der Waals surface area (Å²) in [4.78, 5) is 16.0. The minimum absolute atomic E-state index is 0.0636. The molecule has 3 aromatic rings. The summed E-state index contributed by atoms with van der Waals surface area (Å²) in [6.07, 6.45) is 0. The van der Waals surface area contributed by atoms with Crippen LogP contribution in [-0.2, 0) is 0 Å². The molecule has 0 amide bonds. The first-order valence-electron chi connectivity index (χ1n) is 6.67. The highest BCUT2D eigenvalue weighted by Gasteiger charge is 2.21. The van der Waals surface area contributed by atoms with Crippen molar-refractivity contribution in [2.24, 2.45) is 0 Å². The lowest BCUT2D eigenvalue weighted by Crippen LogP contribution is -2.01. The Bertz CT molecular complexity index is 807. The van der Waals surface area contributed by atoms with Crippen molar-refractivity contribution in [2.75, 3.05) is 0 Å². The quantitative estimate of drug-likeness (QED) is 0.792. The Labute approximate surface area is 121 Å². The summed E-state index contributed by atoms with van der Waals surface area (Å²) in [5, 5.41) is 13.9. The van der Waals surface area contributed by atoms with Crippen LogP contribution in [0, 0.1) is 0 Å². The normalized spacial score (nSPS) is 11.2. The fourth-order valence-corrected chi connectivity index (χ4v) is 2.29. The molecule has 0 aliphatic rings. The van der Waals surface area contributed by atoms with Gasteiger partial charge in [-0.25, -0.2) is 9.78 Å². The molecular weight excluding hydrogens is 268 g/mol. The second-order valence-electron chi connectivity index (χ2n) is 5.13. The van der Waals surface area contributed by atoms with Crippen molar-refractivity contribution in [1.29, 1.82) is 0 Å². The van der Waals surface area contributed by atoms with Crippen LogP contribution in [0.5, 0.6) is 0 Å². The van der Waals surface area contributed by atoms with E-state index in [0.717, 1.165) is 5.56 Å². The van der Waals surface area contributed by atoms with E-state index >= 15 is 0 Å². The highest BCUT2D eigenvalue weighted by molar-refractivity contribution is 6.03. The van der Waals surface area contributed by atoms with Crippen LogP contribution in [0.15, 0.2) is 40.9 Å². The number of nitrogens with zero attached hydrogens (tertiary/aromatic N) is 2. The van der Waals surface area contributed by atoms with Crippen LogP contribution in [0.2, 0.25) is 0 Å². The lowest BCUT2D eigenvalue weighted by molar-refractivity contribution is 0.0699. The van der Waals surface area contributed by atoms with Gasteiger partial charge in [-0.05, 0) is 12.0 Å². The number of benzene rings is 1. The molecule has 0 spiro atoms. The summed E-state index contributed by atoms with van der Waals surface area (Å²) in [6, 6.07) is 11.0. The molecule has 1 aromatic carbocycles. The molecule has 0 atom stereocenters. The molecule has 0 saturated heterocycles. The third-order valence-corrected chi connectivity index (χ3v) is 3.32. The third kappa shape index (κ3) is 2.27. The van der Waals surface area contributed by atoms with Gasteiger partial charge in [0, 0.05) is 5.56 Å². The molecule has 0 aliphatic carbocycles. The van der Waals surface area contributed by atoms with Crippen molar-refractivity contribution < 1.29 is 14.4 Å². The zero-order valence-corrected chi connectivity index (χ0v) is 11.7. The van der Waals surface area contributed by atoms with Crippen molar-refractivity contribution >= 4 is 17.1 Å². The van der Waals surface area contributed by atoms with Gasteiger partial charge in [0.2, 0.25) is 0 Å². The van der Waals surface area contributed by atoms with Gasteiger partial charge in [0.1, 0.15) is 0 Å². The second kappa shape index (κ2) is 5.01. The fraction of sp³-hybridized carbons (Fsp3) is 0.188. The molecule has 0 aliphatic heterocycles. The van der Waals surface area contributed by atoms with Gasteiger partial charge in [-0.2, -0.15) is 0 Å². The average molecular weight is 282 g/mol. The Hall–Kier alpha value is -2.69. The summed E-state index contributed by atoms with van der Waals surface area (Å²) < 4.78 is 5.24. The molecule has 0 saturated carbocycles. The minimum atomic E-state index is -1.01. The number of hydrogen-bond acceptors (Lipinski definition) is 4. The van der Waals surface area contributed by atoms with E-state index in [1.54, 1.807) is 6.07 Å². The van der Waals surface area contributed by atoms with Gasteiger partial charge >= 0.3 is 5.97 Å². The molecule has 2 heterocycles. The predicted molar refractivity (Wildman–Crippen MR) is 78.3 cm³/mol. The van der Waals surface area contributed by atoms with Crippen molar-refractivity contribution in [2.45, 2.75) is 19.8 Å². The highest BCUT2D eigenvalue weighted by Crippen LogP contribution is 2.30. The summed E-state index contributed by atoms with van der Waals surface area (Å²) in [6.45, 7) is 3.88. The molecule has 0 bridgehead atoms. The van der Waals surface area contributed by atoms with Gasteiger partial charge in [0.25, 0.3) is 5.71 Å². The van der Waals surface area contributed by atoms with Crippen LogP contribution >= 0.6 is 0 Å². The molecule has 3 rings (SSSR count). The van der Waals surface area contributed by atoms with E-state index in [2.05, 4.69) is 10.1 Å². The molecule has 0 unspecified atom stereocenters. The zero-order chi connectivity index (χ0) is 15.0. The van der Waals surface area contributed by atoms with E-state index in [9.17, 15) is 9.90 Å². The van der Waals surface area contributed by atoms with Crippen molar-refractivity contribution in [3.63, 3.8) is 0 Å². The molecule has 21 heavy (non-hydrogen) atoms. The number of fused-ring (bicyclic) bond motifs is 1. The zero-order valence-electron chi connectivity index (χ0n) is 11.7. The number of carboxylic acid groups (broad SMARTS) is 1. The average Bonchev–Trinajstić information content (AvgIpc) is 2.91. The number of carboxylic acids is 1. The third-order valence-electron chi connectivity index (χ3n) is 3.32. The van der Waals surface area contributed by atoms with Gasteiger partial charge in [0.15, 0.2) is 0 Å². The molecule has 0 radical (unpaired) electrons. The topological polar surface area (TPSA) is 76.2 Å². The highest BCUT2D eigenvalue weighted by atomic mass is 16.5. The number of aromatic carboxylic acids is 1. The lowest BCUT2D eigenvalue weighted by atomic mass is 10.0. The van der Waals surface area contributed by atoms with Gasteiger partial charge in [-0.3, -0.25) is 0 Å². The van der Waals surface area contributed by atoms with Gasteiger partial charge < -0.3 is 9.63 Å². The Morgan fingerprint density at radius 3 is 2.57 bits per heavy atom. The first-order chi connectivity index (χ1) is 10.1. The van der Waals surface area contributed by atoms with Crippen LogP contribution in [-0.4, -0.2) is 21.2 Å².